The first-order valence-electron chi connectivity index (χ1n) is 8.55. The van der Waals surface area contributed by atoms with E-state index in [-0.39, 0.29) is 10.7 Å². The highest BCUT2D eigenvalue weighted by atomic mass is 32.2. The Labute approximate surface area is 145 Å². The van der Waals surface area contributed by atoms with Crippen LogP contribution in [0.15, 0.2) is 58.3 Å². The Balaban J connectivity index is 1.70. The molecule has 24 heavy (non-hydrogen) atoms. The van der Waals surface area contributed by atoms with Crippen LogP contribution >= 0.6 is 0 Å². The lowest BCUT2D eigenvalue weighted by Crippen LogP contribution is -2.49. The first kappa shape index (κ1) is 15.8. The molecule has 4 rings (SSSR count). The van der Waals surface area contributed by atoms with E-state index >= 15 is 0 Å². The molecule has 2 atom stereocenters. The number of hydrogen-bond donors (Lipinski definition) is 0. The molecule has 0 bridgehead atoms. The molecule has 0 radical (unpaired) electrons. The van der Waals surface area contributed by atoms with Gasteiger partial charge in [0.15, 0.2) is 0 Å². The minimum Gasteiger partial charge on any atom is -0.633 e. The molecule has 2 aliphatic rings. The van der Waals surface area contributed by atoms with E-state index in [1.807, 2.05) is 48.5 Å². The Morgan fingerprint density at radius 1 is 1.12 bits per heavy atom. The van der Waals surface area contributed by atoms with Gasteiger partial charge >= 0.3 is 0 Å². The number of para-hydroxylation sites is 2. The summed E-state index contributed by atoms with van der Waals surface area (Å²) >= 11 is 0. The monoisotopic (exact) mass is 342 g/mol. The summed E-state index contributed by atoms with van der Waals surface area (Å²) < 4.78 is 12.7. The van der Waals surface area contributed by atoms with Crippen molar-refractivity contribution >= 4 is 22.2 Å². The summed E-state index contributed by atoms with van der Waals surface area (Å²) in [5, 5.41) is 13.0. The molecular weight excluding hydrogens is 320 g/mol. The van der Waals surface area contributed by atoms with E-state index in [9.17, 15) is 9.42 Å². The average Bonchev–Trinajstić information content (AvgIpc) is 2.94. The van der Waals surface area contributed by atoms with Gasteiger partial charge in [-0.3, -0.25) is 0 Å². The second-order valence-electron chi connectivity index (χ2n) is 6.75. The van der Waals surface area contributed by atoms with Crippen LogP contribution < -0.4 is 4.90 Å². The van der Waals surface area contributed by atoms with Crippen molar-refractivity contribution in [1.29, 1.82) is 0 Å². The fraction of sp³-hybridized carbons (Fsp3) is 0.368. The Hall–Kier alpha value is -1.69. The van der Waals surface area contributed by atoms with E-state index < -0.39 is 10.8 Å². The van der Waals surface area contributed by atoms with Crippen LogP contribution in [-0.2, 0) is 10.8 Å². The SMILES string of the molecule is CC1CCC[N+]1([O-])CCN1c2ccccc2S(=O)c2ccccc21. The molecule has 2 aromatic carbocycles. The standard InChI is InChI=1S/C19H22N2O2S/c1-15-7-6-13-21(15,22)14-12-20-16-8-2-4-10-18(16)24(23)19-11-5-3-9-17(19)20/h2-5,8-11,15H,6-7,12-14H2,1H3. The van der Waals surface area contributed by atoms with Crippen molar-refractivity contribution in [1.82, 2.24) is 0 Å². The summed E-state index contributed by atoms with van der Waals surface area (Å²) in [7, 11) is -1.16. The molecule has 0 aliphatic carbocycles. The average molecular weight is 342 g/mol. The van der Waals surface area contributed by atoms with Crippen molar-refractivity contribution in [3.05, 3.63) is 53.7 Å². The summed E-state index contributed by atoms with van der Waals surface area (Å²) in [6, 6.07) is 15.8. The minimum absolute atomic E-state index is 0.107. The fourth-order valence-electron chi connectivity index (χ4n) is 3.87. The molecule has 1 saturated heterocycles. The first-order valence-corrected chi connectivity index (χ1v) is 9.70. The highest BCUT2D eigenvalue weighted by molar-refractivity contribution is 7.85. The predicted molar refractivity (Wildman–Crippen MR) is 96.6 cm³/mol. The molecule has 0 N–H and O–H groups in total. The number of fused-ring (bicyclic) bond motifs is 2. The summed E-state index contributed by atoms with van der Waals surface area (Å²) in [5.41, 5.74) is 1.93. The number of quaternary nitrogens is 1. The van der Waals surface area contributed by atoms with Crippen molar-refractivity contribution in [3.63, 3.8) is 0 Å². The van der Waals surface area contributed by atoms with E-state index in [0.717, 1.165) is 34.0 Å². The zero-order valence-corrected chi connectivity index (χ0v) is 14.7. The van der Waals surface area contributed by atoms with Crippen molar-refractivity contribution in [2.75, 3.05) is 24.5 Å². The van der Waals surface area contributed by atoms with Crippen LogP contribution in [-0.4, -0.2) is 34.5 Å². The lowest BCUT2D eigenvalue weighted by Gasteiger charge is -2.45. The largest absolute Gasteiger partial charge is 0.633 e. The maximum absolute atomic E-state index is 13.0. The Morgan fingerprint density at radius 2 is 1.71 bits per heavy atom. The Bertz CT molecular complexity index is 745. The van der Waals surface area contributed by atoms with Gasteiger partial charge in [0.05, 0.1) is 57.6 Å². The van der Waals surface area contributed by atoms with Gasteiger partial charge < -0.3 is 14.8 Å². The van der Waals surface area contributed by atoms with Crippen LogP contribution in [0.1, 0.15) is 19.8 Å². The van der Waals surface area contributed by atoms with Gasteiger partial charge in [-0.05, 0) is 31.2 Å². The summed E-state index contributed by atoms with van der Waals surface area (Å²) in [4.78, 5) is 3.85. The zero-order chi connectivity index (χ0) is 16.7. The molecular formula is C19H22N2O2S. The van der Waals surface area contributed by atoms with Crippen LogP contribution in [0.25, 0.3) is 0 Å². The highest BCUT2D eigenvalue weighted by Gasteiger charge is 2.33. The van der Waals surface area contributed by atoms with E-state index in [4.69, 9.17) is 0 Å². The smallest absolute Gasteiger partial charge is 0.0968 e. The summed E-state index contributed by atoms with van der Waals surface area (Å²) in [6.45, 7) is 3.99. The predicted octanol–water partition coefficient (Wildman–Crippen LogP) is 3.80. The molecule has 5 heteroatoms. The van der Waals surface area contributed by atoms with E-state index in [0.29, 0.717) is 19.6 Å². The first-order chi connectivity index (χ1) is 11.6. The zero-order valence-electron chi connectivity index (χ0n) is 13.9. The second-order valence-corrected chi connectivity index (χ2v) is 8.16. The van der Waals surface area contributed by atoms with E-state index in [1.54, 1.807) is 0 Å². The van der Waals surface area contributed by atoms with Crippen LogP contribution in [0.3, 0.4) is 0 Å². The lowest BCUT2D eigenvalue weighted by molar-refractivity contribution is -0.889. The van der Waals surface area contributed by atoms with Crippen LogP contribution in [0.4, 0.5) is 11.4 Å². The number of anilines is 2. The van der Waals surface area contributed by atoms with Gasteiger partial charge in [0.1, 0.15) is 0 Å². The molecule has 1 fully saturated rings. The van der Waals surface area contributed by atoms with Crippen molar-refractivity contribution in [2.45, 2.75) is 35.6 Å². The third-order valence-electron chi connectivity index (χ3n) is 5.38. The molecule has 4 nitrogen and oxygen atoms in total. The quantitative estimate of drug-likeness (QED) is 0.629. The summed E-state index contributed by atoms with van der Waals surface area (Å²) in [6.07, 6.45) is 2.03. The third kappa shape index (κ3) is 2.48. The molecule has 0 aromatic heterocycles. The Morgan fingerprint density at radius 3 is 2.25 bits per heavy atom. The van der Waals surface area contributed by atoms with Crippen molar-refractivity contribution < 1.29 is 8.86 Å². The maximum atomic E-state index is 13.0. The fourth-order valence-corrected chi connectivity index (χ4v) is 5.25. The summed E-state index contributed by atoms with van der Waals surface area (Å²) in [5.74, 6) is 0. The Kier molecular flexibility index (Phi) is 3.95. The molecule has 2 unspecified atom stereocenters. The third-order valence-corrected chi connectivity index (χ3v) is 6.86. The molecule has 0 amide bonds. The van der Waals surface area contributed by atoms with Crippen LogP contribution in [0.5, 0.6) is 0 Å². The molecule has 126 valence electrons. The number of hydrogen-bond acceptors (Lipinski definition) is 3. The second kappa shape index (κ2) is 5.99. The van der Waals surface area contributed by atoms with Crippen molar-refractivity contribution in [3.8, 4) is 0 Å². The number of benzene rings is 2. The molecule has 0 spiro atoms. The number of hydroxylamine groups is 3. The van der Waals surface area contributed by atoms with Crippen LogP contribution in [0, 0.1) is 5.21 Å². The van der Waals surface area contributed by atoms with Crippen LogP contribution in [0.2, 0.25) is 0 Å². The molecule has 2 aliphatic heterocycles. The number of likely N-dealkylation sites (tertiary alicyclic amines) is 1. The van der Waals surface area contributed by atoms with E-state index in [2.05, 4.69) is 11.8 Å². The van der Waals surface area contributed by atoms with Gasteiger partial charge in [0.2, 0.25) is 0 Å². The normalized spacial score (nSPS) is 26.2. The van der Waals surface area contributed by atoms with E-state index in [1.165, 1.54) is 0 Å². The maximum Gasteiger partial charge on any atom is 0.0968 e. The van der Waals surface area contributed by atoms with Gasteiger partial charge in [-0.25, -0.2) is 4.21 Å². The van der Waals surface area contributed by atoms with Crippen molar-refractivity contribution in [2.24, 2.45) is 0 Å². The van der Waals surface area contributed by atoms with Gasteiger partial charge in [0, 0.05) is 12.8 Å². The molecule has 2 heterocycles. The minimum atomic E-state index is -1.16. The molecule has 2 aromatic rings. The van der Waals surface area contributed by atoms with Gasteiger partial charge in [0.25, 0.3) is 0 Å². The highest BCUT2D eigenvalue weighted by Crippen LogP contribution is 2.41. The number of rotatable bonds is 3. The van der Waals surface area contributed by atoms with Gasteiger partial charge in [-0.2, -0.15) is 0 Å². The number of nitrogens with zero attached hydrogens (tertiary/aromatic N) is 2. The van der Waals surface area contributed by atoms with Gasteiger partial charge in [-0.1, -0.05) is 24.3 Å². The molecule has 0 saturated carbocycles. The van der Waals surface area contributed by atoms with Gasteiger partial charge in [-0.15, -0.1) is 0 Å². The lowest BCUT2D eigenvalue weighted by atomic mass is 10.2. The topological polar surface area (TPSA) is 43.4 Å².